The molecule has 1 N–H and O–H groups in total. The van der Waals surface area contributed by atoms with Gasteiger partial charge in [0.25, 0.3) is 0 Å². The van der Waals surface area contributed by atoms with Gasteiger partial charge in [-0.2, -0.15) is 0 Å². The number of hydrogen-bond acceptors (Lipinski definition) is 2. The van der Waals surface area contributed by atoms with Crippen molar-refractivity contribution in [3.8, 4) is 0 Å². The fraction of sp³-hybridized carbons (Fsp3) is 0.643. The van der Waals surface area contributed by atoms with E-state index in [-0.39, 0.29) is 16.8 Å². The molecule has 1 aromatic heterocycles. The van der Waals surface area contributed by atoms with E-state index in [2.05, 4.69) is 51.8 Å². The van der Waals surface area contributed by atoms with Crippen LogP contribution in [0.3, 0.4) is 0 Å². The molecule has 0 saturated heterocycles. The van der Waals surface area contributed by atoms with Gasteiger partial charge in [0, 0.05) is 11.1 Å². The molecule has 0 unspecified atom stereocenters. The van der Waals surface area contributed by atoms with Crippen LogP contribution in [0.2, 0.25) is 0 Å². The minimum Gasteiger partial charge on any atom is -0.365 e. The zero-order valence-electron chi connectivity index (χ0n) is 11.9. The summed E-state index contributed by atoms with van der Waals surface area (Å²) in [5, 5.41) is 3.35. The van der Waals surface area contributed by atoms with Crippen molar-refractivity contribution in [3.05, 3.63) is 23.1 Å². The van der Waals surface area contributed by atoms with E-state index in [0.717, 1.165) is 11.4 Å². The number of aromatic nitrogens is 1. The number of rotatable bonds is 1. The lowest BCUT2D eigenvalue weighted by molar-refractivity contribution is 0.550. The van der Waals surface area contributed by atoms with E-state index >= 15 is 0 Å². The van der Waals surface area contributed by atoms with Gasteiger partial charge in [-0.05, 0) is 38.7 Å². The van der Waals surface area contributed by atoms with Gasteiger partial charge < -0.3 is 5.32 Å². The smallest absolute Gasteiger partial charge is 0.144 e. The second-order valence-electron chi connectivity index (χ2n) is 6.58. The van der Waals surface area contributed by atoms with Crippen molar-refractivity contribution in [1.29, 1.82) is 0 Å². The molecule has 0 amide bonds. The Hall–Kier alpha value is -1.12. The van der Waals surface area contributed by atoms with Gasteiger partial charge in [-0.15, -0.1) is 0 Å². The first kappa shape index (κ1) is 13.9. The lowest BCUT2D eigenvalue weighted by Crippen LogP contribution is -2.29. The zero-order chi connectivity index (χ0) is 13.4. The SMILES string of the molecule is Cc1c(F)cnc(NC(C)(C)C)c1C(C)(C)C. The molecule has 0 aliphatic heterocycles. The largest absolute Gasteiger partial charge is 0.365 e. The van der Waals surface area contributed by atoms with E-state index in [1.54, 1.807) is 0 Å². The van der Waals surface area contributed by atoms with Crippen LogP contribution >= 0.6 is 0 Å². The van der Waals surface area contributed by atoms with Gasteiger partial charge in [0.15, 0.2) is 0 Å². The van der Waals surface area contributed by atoms with E-state index in [9.17, 15) is 4.39 Å². The molecule has 96 valence electrons. The molecular weight excluding hydrogens is 215 g/mol. The Labute approximate surface area is 104 Å². The van der Waals surface area contributed by atoms with Crippen LogP contribution in [-0.4, -0.2) is 10.5 Å². The highest BCUT2D eigenvalue weighted by molar-refractivity contribution is 5.53. The Morgan fingerprint density at radius 1 is 1.12 bits per heavy atom. The van der Waals surface area contributed by atoms with E-state index in [1.165, 1.54) is 6.20 Å². The summed E-state index contributed by atoms with van der Waals surface area (Å²) >= 11 is 0. The van der Waals surface area contributed by atoms with Crippen molar-refractivity contribution in [2.75, 3.05) is 5.32 Å². The number of anilines is 1. The van der Waals surface area contributed by atoms with Gasteiger partial charge in [-0.3, -0.25) is 0 Å². The lowest BCUT2D eigenvalue weighted by Gasteiger charge is -2.29. The van der Waals surface area contributed by atoms with Crippen molar-refractivity contribution in [1.82, 2.24) is 4.98 Å². The van der Waals surface area contributed by atoms with Crippen LogP contribution in [-0.2, 0) is 5.41 Å². The van der Waals surface area contributed by atoms with Crippen LogP contribution in [0.1, 0.15) is 52.7 Å². The molecule has 1 rings (SSSR count). The van der Waals surface area contributed by atoms with Crippen LogP contribution in [0.5, 0.6) is 0 Å². The molecule has 0 radical (unpaired) electrons. The average Bonchev–Trinajstić information content (AvgIpc) is 2.06. The molecular formula is C14H23FN2. The van der Waals surface area contributed by atoms with Crippen molar-refractivity contribution >= 4 is 5.82 Å². The molecule has 0 spiro atoms. The fourth-order valence-corrected chi connectivity index (χ4v) is 1.95. The number of pyridine rings is 1. The molecule has 0 saturated carbocycles. The number of halogens is 1. The highest BCUT2D eigenvalue weighted by atomic mass is 19.1. The molecule has 2 nitrogen and oxygen atoms in total. The molecule has 0 aliphatic rings. The first-order valence-corrected chi connectivity index (χ1v) is 5.96. The van der Waals surface area contributed by atoms with E-state index < -0.39 is 0 Å². The second kappa shape index (κ2) is 4.28. The first-order chi connectivity index (χ1) is 7.52. The summed E-state index contributed by atoms with van der Waals surface area (Å²) in [5.41, 5.74) is 1.41. The van der Waals surface area contributed by atoms with Gasteiger partial charge in [0.2, 0.25) is 0 Å². The molecule has 0 aliphatic carbocycles. The summed E-state index contributed by atoms with van der Waals surface area (Å²) in [6.45, 7) is 14.2. The fourth-order valence-electron chi connectivity index (χ4n) is 1.95. The molecule has 17 heavy (non-hydrogen) atoms. The third-order valence-corrected chi connectivity index (χ3v) is 2.52. The van der Waals surface area contributed by atoms with Gasteiger partial charge in [-0.25, -0.2) is 9.37 Å². The Morgan fingerprint density at radius 2 is 1.65 bits per heavy atom. The predicted molar refractivity (Wildman–Crippen MR) is 71.0 cm³/mol. The molecule has 1 aromatic rings. The third kappa shape index (κ3) is 3.42. The molecule has 3 heteroatoms. The molecule has 0 atom stereocenters. The van der Waals surface area contributed by atoms with Gasteiger partial charge in [0.05, 0.1) is 6.20 Å². The minimum absolute atomic E-state index is 0.0860. The third-order valence-electron chi connectivity index (χ3n) is 2.52. The highest BCUT2D eigenvalue weighted by Crippen LogP contribution is 2.33. The van der Waals surface area contributed by atoms with Crippen LogP contribution in [0, 0.1) is 12.7 Å². The standard InChI is InChI=1S/C14H23FN2/c1-9-10(15)8-16-12(17-14(5,6)7)11(9)13(2,3)4/h8H,1-7H3,(H,16,17). The minimum atomic E-state index is -0.241. The predicted octanol–water partition coefficient (Wildman–Crippen LogP) is 4.04. The quantitative estimate of drug-likeness (QED) is 0.798. The van der Waals surface area contributed by atoms with E-state index in [0.29, 0.717) is 5.56 Å². The van der Waals surface area contributed by atoms with Crippen LogP contribution in [0.4, 0.5) is 10.2 Å². The molecule has 0 bridgehead atoms. The van der Waals surface area contributed by atoms with Gasteiger partial charge in [0.1, 0.15) is 11.6 Å². The van der Waals surface area contributed by atoms with Crippen molar-refractivity contribution in [3.63, 3.8) is 0 Å². The maximum atomic E-state index is 13.6. The summed E-state index contributed by atoms with van der Waals surface area (Å²) in [6.07, 6.45) is 1.29. The van der Waals surface area contributed by atoms with Crippen LogP contribution in [0.25, 0.3) is 0 Å². The van der Waals surface area contributed by atoms with Crippen molar-refractivity contribution in [2.24, 2.45) is 0 Å². The van der Waals surface area contributed by atoms with E-state index in [1.807, 2.05) is 6.92 Å². The Morgan fingerprint density at radius 3 is 2.06 bits per heavy atom. The maximum absolute atomic E-state index is 13.6. The summed E-state index contributed by atoms with van der Waals surface area (Å²) in [6, 6.07) is 0. The highest BCUT2D eigenvalue weighted by Gasteiger charge is 2.25. The Balaban J connectivity index is 3.36. The topological polar surface area (TPSA) is 24.9 Å². The average molecular weight is 238 g/mol. The molecule has 1 heterocycles. The second-order valence-corrected chi connectivity index (χ2v) is 6.58. The van der Waals surface area contributed by atoms with Gasteiger partial charge in [-0.1, -0.05) is 20.8 Å². The Kier molecular flexibility index (Phi) is 3.51. The number of nitrogens with zero attached hydrogens (tertiary/aromatic N) is 1. The number of nitrogens with one attached hydrogen (secondary N) is 1. The van der Waals surface area contributed by atoms with E-state index in [4.69, 9.17) is 0 Å². The summed E-state index contributed by atoms with van der Waals surface area (Å²) in [7, 11) is 0. The summed E-state index contributed by atoms with van der Waals surface area (Å²) in [5.74, 6) is 0.540. The van der Waals surface area contributed by atoms with Crippen molar-refractivity contribution in [2.45, 2.75) is 59.4 Å². The number of hydrogen-bond donors (Lipinski definition) is 1. The summed E-state index contributed by atoms with van der Waals surface area (Å²) < 4.78 is 13.6. The maximum Gasteiger partial charge on any atom is 0.144 e. The zero-order valence-corrected chi connectivity index (χ0v) is 11.9. The van der Waals surface area contributed by atoms with Gasteiger partial charge >= 0.3 is 0 Å². The van der Waals surface area contributed by atoms with Crippen LogP contribution < -0.4 is 5.32 Å². The normalized spacial score (nSPS) is 12.7. The summed E-state index contributed by atoms with van der Waals surface area (Å²) in [4.78, 5) is 4.20. The lowest BCUT2D eigenvalue weighted by atomic mass is 9.84. The molecule has 0 aromatic carbocycles. The first-order valence-electron chi connectivity index (χ1n) is 5.96. The van der Waals surface area contributed by atoms with Crippen LogP contribution in [0.15, 0.2) is 6.20 Å². The Bertz CT molecular complexity index is 411. The molecule has 0 fully saturated rings. The monoisotopic (exact) mass is 238 g/mol. The van der Waals surface area contributed by atoms with Crippen molar-refractivity contribution < 1.29 is 4.39 Å².